The minimum absolute atomic E-state index is 0.175. The highest BCUT2D eigenvalue weighted by Gasteiger charge is 2.18. The molecule has 152 valence electrons. The summed E-state index contributed by atoms with van der Waals surface area (Å²) in [7, 11) is 1.63. The third-order valence-electron chi connectivity index (χ3n) is 4.49. The standard InChI is InChI=1S/C21H17FN4O3S/c1-12-17-20(25-11-26(2)21(17)28)30-18(12)19(27)24-10-13-6-7-16(23-9-13)29-15-5-3-4-14(22)8-15/h3-9,11H,10H2,1-2H3,(H,24,27). The van der Waals surface area contributed by atoms with E-state index >= 15 is 0 Å². The molecule has 4 aromatic rings. The number of aryl methyl sites for hydroxylation is 2. The normalized spacial score (nSPS) is 10.9. The van der Waals surface area contributed by atoms with E-state index in [0.717, 1.165) is 5.56 Å². The van der Waals surface area contributed by atoms with Crippen molar-refractivity contribution in [2.24, 2.45) is 7.05 Å². The second kappa shape index (κ2) is 8.03. The molecule has 1 amide bonds. The first-order valence-corrected chi connectivity index (χ1v) is 9.85. The number of carbonyl (C=O) groups is 1. The van der Waals surface area contributed by atoms with Crippen molar-refractivity contribution in [2.75, 3.05) is 0 Å². The van der Waals surface area contributed by atoms with E-state index in [1.807, 2.05) is 0 Å². The van der Waals surface area contributed by atoms with Crippen molar-refractivity contribution in [1.29, 1.82) is 0 Å². The molecule has 0 unspecified atom stereocenters. The van der Waals surface area contributed by atoms with Crippen LogP contribution in [0.25, 0.3) is 10.2 Å². The van der Waals surface area contributed by atoms with Gasteiger partial charge in [0.2, 0.25) is 5.88 Å². The van der Waals surface area contributed by atoms with Crippen LogP contribution in [0.5, 0.6) is 11.6 Å². The number of nitrogens with zero attached hydrogens (tertiary/aromatic N) is 3. The number of halogens is 1. The first-order valence-electron chi connectivity index (χ1n) is 9.03. The predicted molar refractivity (Wildman–Crippen MR) is 111 cm³/mol. The number of nitrogens with one attached hydrogen (secondary N) is 1. The Morgan fingerprint density at radius 2 is 2.10 bits per heavy atom. The van der Waals surface area contributed by atoms with E-state index in [4.69, 9.17) is 4.74 Å². The van der Waals surface area contributed by atoms with Crippen LogP contribution >= 0.6 is 11.3 Å². The molecule has 9 heteroatoms. The number of benzene rings is 1. The van der Waals surface area contributed by atoms with Crippen LogP contribution in [0.1, 0.15) is 20.8 Å². The number of ether oxygens (including phenoxy) is 1. The maximum atomic E-state index is 13.2. The Kier molecular flexibility index (Phi) is 5.28. The smallest absolute Gasteiger partial charge is 0.262 e. The van der Waals surface area contributed by atoms with Crippen LogP contribution in [-0.4, -0.2) is 20.4 Å². The molecule has 0 aliphatic rings. The third kappa shape index (κ3) is 3.92. The Balaban J connectivity index is 1.44. The lowest BCUT2D eigenvalue weighted by molar-refractivity contribution is 0.0954. The third-order valence-corrected chi connectivity index (χ3v) is 5.68. The number of aromatic nitrogens is 3. The van der Waals surface area contributed by atoms with Crippen molar-refractivity contribution in [3.8, 4) is 11.6 Å². The summed E-state index contributed by atoms with van der Waals surface area (Å²) in [5.74, 6) is -0.00412. The monoisotopic (exact) mass is 424 g/mol. The van der Waals surface area contributed by atoms with E-state index in [1.54, 1.807) is 44.4 Å². The van der Waals surface area contributed by atoms with Crippen molar-refractivity contribution in [3.63, 3.8) is 0 Å². The SMILES string of the molecule is Cc1c(C(=O)NCc2ccc(Oc3cccc(F)c3)nc2)sc2ncn(C)c(=O)c12. The van der Waals surface area contributed by atoms with Gasteiger partial charge in [0.15, 0.2) is 0 Å². The average molecular weight is 424 g/mol. The number of rotatable bonds is 5. The molecule has 0 bridgehead atoms. The molecular weight excluding hydrogens is 407 g/mol. The van der Waals surface area contributed by atoms with Gasteiger partial charge in [-0.1, -0.05) is 12.1 Å². The summed E-state index contributed by atoms with van der Waals surface area (Å²) in [4.78, 5) is 34.3. The van der Waals surface area contributed by atoms with E-state index in [1.165, 1.54) is 34.4 Å². The van der Waals surface area contributed by atoms with Gasteiger partial charge in [-0.15, -0.1) is 11.3 Å². The molecule has 1 aromatic carbocycles. The van der Waals surface area contributed by atoms with Gasteiger partial charge in [-0.2, -0.15) is 0 Å². The first kappa shape index (κ1) is 19.7. The number of carbonyl (C=O) groups excluding carboxylic acids is 1. The molecule has 3 heterocycles. The van der Waals surface area contributed by atoms with Crippen molar-refractivity contribution < 1.29 is 13.9 Å². The van der Waals surface area contributed by atoms with Gasteiger partial charge in [-0.25, -0.2) is 14.4 Å². The molecule has 4 rings (SSSR count). The summed E-state index contributed by atoms with van der Waals surface area (Å²) in [6.45, 7) is 2.00. The van der Waals surface area contributed by atoms with Crippen LogP contribution in [0.2, 0.25) is 0 Å². The van der Waals surface area contributed by atoms with Gasteiger partial charge in [0.05, 0.1) is 16.6 Å². The molecule has 0 radical (unpaired) electrons. The van der Waals surface area contributed by atoms with Crippen LogP contribution in [0.3, 0.4) is 0 Å². The zero-order chi connectivity index (χ0) is 21.3. The van der Waals surface area contributed by atoms with Crippen molar-refractivity contribution in [1.82, 2.24) is 19.9 Å². The number of hydrogen-bond donors (Lipinski definition) is 1. The Labute approximate surface area is 174 Å². The summed E-state index contributed by atoms with van der Waals surface area (Å²) in [6.07, 6.45) is 3.02. The van der Waals surface area contributed by atoms with Gasteiger partial charge >= 0.3 is 0 Å². The Morgan fingerprint density at radius 1 is 1.27 bits per heavy atom. The number of thiophene rings is 1. The summed E-state index contributed by atoms with van der Waals surface area (Å²) in [5.41, 5.74) is 1.21. The second-order valence-electron chi connectivity index (χ2n) is 6.64. The van der Waals surface area contributed by atoms with Gasteiger partial charge < -0.3 is 14.6 Å². The Morgan fingerprint density at radius 3 is 2.83 bits per heavy atom. The number of hydrogen-bond acceptors (Lipinski definition) is 6. The summed E-state index contributed by atoms with van der Waals surface area (Å²) in [6, 6.07) is 9.19. The van der Waals surface area contributed by atoms with Crippen LogP contribution < -0.4 is 15.6 Å². The highest BCUT2D eigenvalue weighted by molar-refractivity contribution is 7.20. The molecule has 7 nitrogen and oxygen atoms in total. The highest BCUT2D eigenvalue weighted by Crippen LogP contribution is 2.26. The fourth-order valence-corrected chi connectivity index (χ4v) is 3.97. The quantitative estimate of drug-likeness (QED) is 0.529. The van der Waals surface area contributed by atoms with Crippen LogP contribution in [0, 0.1) is 12.7 Å². The summed E-state index contributed by atoms with van der Waals surface area (Å²) in [5, 5.41) is 3.30. The fourth-order valence-electron chi connectivity index (χ4n) is 2.92. The van der Waals surface area contributed by atoms with E-state index in [9.17, 15) is 14.0 Å². The molecule has 0 aliphatic carbocycles. The molecule has 0 aliphatic heterocycles. The average Bonchev–Trinajstić information content (AvgIpc) is 3.07. The van der Waals surface area contributed by atoms with Crippen LogP contribution in [0.15, 0.2) is 53.7 Å². The Bertz CT molecular complexity index is 1300. The van der Waals surface area contributed by atoms with Gasteiger partial charge in [0.25, 0.3) is 11.5 Å². The number of pyridine rings is 1. The van der Waals surface area contributed by atoms with Gasteiger partial charge in [-0.05, 0) is 30.2 Å². The molecule has 30 heavy (non-hydrogen) atoms. The summed E-state index contributed by atoms with van der Waals surface area (Å²) < 4.78 is 20.1. The lowest BCUT2D eigenvalue weighted by Gasteiger charge is -2.07. The lowest BCUT2D eigenvalue weighted by atomic mass is 10.2. The largest absolute Gasteiger partial charge is 0.439 e. The first-order chi connectivity index (χ1) is 14.4. The van der Waals surface area contributed by atoms with E-state index in [0.29, 0.717) is 32.3 Å². The topological polar surface area (TPSA) is 86.1 Å². The van der Waals surface area contributed by atoms with Gasteiger partial charge in [0.1, 0.15) is 16.4 Å². The maximum absolute atomic E-state index is 13.2. The van der Waals surface area contributed by atoms with Gasteiger partial charge in [-0.3, -0.25) is 9.59 Å². The molecular formula is C21H17FN4O3S. The predicted octanol–water partition coefficient (Wildman–Crippen LogP) is 3.56. The molecule has 3 aromatic heterocycles. The highest BCUT2D eigenvalue weighted by atomic mass is 32.1. The van der Waals surface area contributed by atoms with Crippen molar-refractivity contribution >= 4 is 27.5 Å². The van der Waals surface area contributed by atoms with E-state index in [-0.39, 0.29) is 18.0 Å². The Hall–Kier alpha value is -3.59. The number of fused-ring (bicyclic) bond motifs is 1. The van der Waals surface area contributed by atoms with Crippen molar-refractivity contribution in [2.45, 2.75) is 13.5 Å². The molecule has 0 spiro atoms. The molecule has 0 saturated heterocycles. The molecule has 1 N–H and O–H groups in total. The van der Waals surface area contributed by atoms with Crippen LogP contribution in [0.4, 0.5) is 4.39 Å². The zero-order valence-electron chi connectivity index (χ0n) is 16.2. The molecule has 0 fully saturated rings. The minimum atomic E-state index is -0.392. The maximum Gasteiger partial charge on any atom is 0.262 e. The molecule has 0 atom stereocenters. The van der Waals surface area contributed by atoms with E-state index < -0.39 is 5.82 Å². The zero-order valence-corrected chi connectivity index (χ0v) is 17.0. The second-order valence-corrected chi connectivity index (χ2v) is 7.64. The van der Waals surface area contributed by atoms with Crippen LogP contribution in [-0.2, 0) is 13.6 Å². The van der Waals surface area contributed by atoms with E-state index in [2.05, 4.69) is 15.3 Å². The van der Waals surface area contributed by atoms with Crippen molar-refractivity contribution in [3.05, 3.63) is 81.1 Å². The summed E-state index contributed by atoms with van der Waals surface area (Å²) >= 11 is 1.19. The minimum Gasteiger partial charge on any atom is -0.439 e. The number of amides is 1. The van der Waals surface area contributed by atoms with Gasteiger partial charge in [0, 0.05) is 31.9 Å². The fraction of sp³-hybridized carbons (Fsp3) is 0.143. The molecule has 0 saturated carbocycles. The lowest BCUT2D eigenvalue weighted by Crippen LogP contribution is -2.23.